The van der Waals surface area contributed by atoms with Gasteiger partial charge in [-0.05, 0) is 44.5 Å². The SMILES string of the molecule is CCCn1c(C)cc(C(=O)COc2ccc(C#N)cc2Cl)c1C. The van der Waals surface area contributed by atoms with Crippen molar-refractivity contribution in [2.45, 2.75) is 33.7 Å². The molecule has 0 atom stereocenters. The molecule has 2 aromatic rings. The first-order valence-electron chi connectivity index (χ1n) is 7.50. The van der Waals surface area contributed by atoms with Gasteiger partial charge in [0.1, 0.15) is 5.75 Å². The molecule has 4 nitrogen and oxygen atoms in total. The van der Waals surface area contributed by atoms with Crippen molar-refractivity contribution in [1.82, 2.24) is 4.57 Å². The first-order chi connectivity index (χ1) is 11.0. The number of aromatic nitrogens is 1. The monoisotopic (exact) mass is 330 g/mol. The van der Waals surface area contributed by atoms with Crippen LogP contribution in [0.25, 0.3) is 0 Å². The Balaban J connectivity index is 2.11. The van der Waals surface area contributed by atoms with Crippen molar-refractivity contribution in [1.29, 1.82) is 5.26 Å². The number of hydrogen-bond donors (Lipinski definition) is 0. The summed E-state index contributed by atoms with van der Waals surface area (Å²) in [6.07, 6.45) is 1.02. The van der Waals surface area contributed by atoms with E-state index in [0.717, 1.165) is 24.4 Å². The van der Waals surface area contributed by atoms with Gasteiger partial charge in [0.25, 0.3) is 0 Å². The van der Waals surface area contributed by atoms with Gasteiger partial charge < -0.3 is 9.30 Å². The topological polar surface area (TPSA) is 55.0 Å². The van der Waals surface area contributed by atoms with E-state index >= 15 is 0 Å². The second kappa shape index (κ2) is 7.34. The van der Waals surface area contributed by atoms with Crippen molar-refractivity contribution >= 4 is 17.4 Å². The quantitative estimate of drug-likeness (QED) is 0.742. The van der Waals surface area contributed by atoms with Crippen molar-refractivity contribution in [3.8, 4) is 11.8 Å². The molecule has 23 heavy (non-hydrogen) atoms. The summed E-state index contributed by atoms with van der Waals surface area (Å²) < 4.78 is 7.66. The van der Waals surface area contributed by atoms with Gasteiger partial charge in [-0.3, -0.25) is 4.79 Å². The highest BCUT2D eigenvalue weighted by atomic mass is 35.5. The molecule has 0 aliphatic carbocycles. The lowest BCUT2D eigenvalue weighted by Crippen LogP contribution is -2.13. The Bertz CT molecular complexity index is 772. The Kier molecular flexibility index (Phi) is 5.46. The molecule has 0 unspecified atom stereocenters. The van der Waals surface area contributed by atoms with Crippen molar-refractivity contribution in [3.63, 3.8) is 0 Å². The average molecular weight is 331 g/mol. The lowest BCUT2D eigenvalue weighted by molar-refractivity contribution is 0.0921. The number of carbonyl (C=O) groups excluding carboxylic acids is 1. The minimum Gasteiger partial charge on any atom is -0.484 e. The number of nitrogens with zero attached hydrogens (tertiary/aromatic N) is 2. The third kappa shape index (κ3) is 3.75. The van der Waals surface area contributed by atoms with Crippen LogP contribution in [-0.2, 0) is 6.54 Å². The number of hydrogen-bond acceptors (Lipinski definition) is 3. The molecule has 1 aromatic carbocycles. The molecule has 0 radical (unpaired) electrons. The molecule has 120 valence electrons. The molecule has 0 spiro atoms. The van der Waals surface area contributed by atoms with E-state index in [1.54, 1.807) is 12.1 Å². The fourth-order valence-electron chi connectivity index (χ4n) is 2.56. The third-order valence-electron chi connectivity index (χ3n) is 3.74. The van der Waals surface area contributed by atoms with Gasteiger partial charge in [-0.1, -0.05) is 18.5 Å². The van der Waals surface area contributed by atoms with Crippen LogP contribution < -0.4 is 4.74 Å². The Morgan fingerprint density at radius 3 is 2.70 bits per heavy atom. The maximum absolute atomic E-state index is 12.4. The van der Waals surface area contributed by atoms with E-state index in [2.05, 4.69) is 11.5 Å². The second-order valence-electron chi connectivity index (χ2n) is 5.41. The van der Waals surface area contributed by atoms with Gasteiger partial charge in [0.2, 0.25) is 5.78 Å². The molecule has 0 saturated carbocycles. The highest BCUT2D eigenvalue weighted by Gasteiger charge is 2.16. The average Bonchev–Trinajstić information content (AvgIpc) is 2.82. The predicted molar refractivity (Wildman–Crippen MR) is 90.2 cm³/mol. The van der Waals surface area contributed by atoms with Crippen LogP contribution in [-0.4, -0.2) is 17.0 Å². The Hall–Kier alpha value is -2.25. The van der Waals surface area contributed by atoms with Crippen LogP contribution in [0, 0.1) is 25.2 Å². The van der Waals surface area contributed by atoms with Gasteiger partial charge >= 0.3 is 0 Å². The molecule has 0 N–H and O–H groups in total. The maximum Gasteiger partial charge on any atom is 0.202 e. The van der Waals surface area contributed by atoms with E-state index < -0.39 is 0 Å². The van der Waals surface area contributed by atoms with E-state index in [9.17, 15) is 4.79 Å². The summed E-state index contributed by atoms with van der Waals surface area (Å²) in [5.41, 5.74) is 3.17. The van der Waals surface area contributed by atoms with E-state index in [0.29, 0.717) is 21.9 Å². The zero-order chi connectivity index (χ0) is 17.0. The van der Waals surface area contributed by atoms with E-state index in [1.165, 1.54) is 6.07 Å². The van der Waals surface area contributed by atoms with Crippen LogP contribution >= 0.6 is 11.6 Å². The number of halogens is 1. The van der Waals surface area contributed by atoms with Crippen LogP contribution in [0.5, 0.6) is 5.75 Å². The highest BCUT2D eigenvalue weighted by Crippen LogP contribution is 2.25. The molecule has 2 rings (SSSR count). The number of nitriles is 1. The van der Waals surface area contributed by atoms with E-state index in [4.69, 9.17) is 21.6 Å². The van der Waals surface area contributed by atoms with Crippen molar-refractivity contribution in [2.75, 3.05) is 6.61 Å². The second-order valence-corrected chi connectivity index (χ2v) is 5.81. The largest absolute Gasteiger partial charge is 0.484 e. The maximum atomic E-state index is 12.4. The Morgan fingerprint density at radius 2 is 2.09 bits per heavy atom. The molecule has 5 heteroatoms. The molecule has 0 fully saturated rings. The summed E-state index contributed by atoms with van der Waals surface area (Å²) in [7, 11) is 0. The lowest BCUT2D eigenvalue weighted by Gasteiger charge is -2.09. The summed E-state index contributed by atoms with van der Waals surface area (Å²) >= 11 is 6.05. The third-order valence-corrected chi connectivity index (χ3v) is 4.04. The van der Waals surface area contributed by atoms with Crippen molar-refractivity contribution in [2.24, 2.45) is 0 Å². The number of Topliss-reactive ketones (excluding diaryl/α,β-unsaturated/α-hetero) is 1. The molecule has 0 amide bonds. The predicted octanol–water partition coefficient (Wildman–Crippen LogP) is 4.30. The zero-order valence-corrected chi connectivity index (χ0v) is 14.3. The normalized spacial score (nSPS) is 10.4. The summed E-state index contributed by atoms with van der Waals surface area (Å²) in [6.45, 7) is 6.87. The Labute approximate surface area is 141 Å². The molecular formula is C18H19ClN2O2. The van der Waals surface area contributed by atoms with Gasteiger partial charge in [0, 0.05) is 23.5 Å². The molecule has 0 bridgehead atoms. The number of carbonyl (C=O) groups is 1. The number of ether oxygens (including phenoxy) is 1. The van der Waals surface area contributed by atoms with Gasteiger partial charge in [0.15, 0.2) is 6.61 Å². The van der Waals surface area contributed by atoms with Crippen LogP contribution in [0.3, 0.4) is 0 Å². The number of ketones is 1. The summed E-state index contributed by atoms with van der Waals surface area (Å²) in [5, 5.41) is 9.14. The van der Waals surface area contributed by atoms with Gasteiger partial charge in [-0.25, -0.2) is 0 Å². The summed E-state index contributed by atoms with van der Waals surface area (Å²) in [6, 6.07) is 8.64. The fourth-order valence-corrected chi connectivity index (χ4v) is 2.79. The first-order valence-corrected chi connectivity index (χ1v) is 7.88. The fraction of sp³-hybridized carbons (Fsp3) is 0.333. The van der Waals surface area contributed by atoms with E-state index in [1.807, 2.05) is 26.0 Å². The lowest BCUT2D eigenvalue weighted by atomic mass is 10.1. The van der Waals surface area contributed by atoms with Crippen LogP contribution in [0.4, 0.5) is 0 Å². The number of benzene rings is 1. The minimum atomic E-state index is -0.0825. The molecule has 1 aromatic heterocycles. The van der Waals surface area contributed by atoms with E-state index in [-0.39, 0.29) is 12.4 Å². The summed E-state index contributed by atoms with van der Waals surface area (Å²) in [5.74, 6) is 0.322. The smallest absolute Gasteiger partial charge is 0.202 e. The van der Waals surface area contributed by atoms with Crippen LogP contribution in [0.15, 0.2) is 24.3 Å². The summed E-state index contributed by atoms with van der Waals surface area (Å²) in [4.78, 5) is 12.4. The molecule has 1 heterocycles. The molecule has 0 aliphatic heterocycles. The standard InChI is InChI=1S/C18H19ClN2O2/c1-4-7-21-12(2)8-15(13(21)3)17(22)11-23-18-6-5-14(10-20)9-16(18)19/h5-6,8-9H,4,7,11H2,1-3H3. The van der Waals surface area contributed by atoms with Crippen LogP contribution in [0.1, 0.15) is 40.7 Å². The highest BCUT2D eigenvalue weighted by molar-refractivity contribution is 6.32. The zero-order valence-electron chi connectivity index (χ0n) is 13.5. The molecule has 0 aliphatic rings. The van der Waals surface area contributed by atoms with Gasteiger partial charge in [-0.15, -0.1) is 0 Å². The number of rotatable bonds is 6. The van der Waals surface area contributed by atoms with Gasteiger partial charge in [-0.2, -0.15) is 5.26 Å². The Morgan fingerprint density at radius 1 is 1.35 bits per heavy atom. The number of aryl methyl sites for hydroxylation is 1. The van der Waals surface area contributed by atoms with Crippen molar-refractivity contribution in [3.05, 3.63) is 51.8 Å². The minimum absolute atomic E-state index is 0.0813. The molecule has 0 saturated heterocycles. The van der Waals surface area contributed by atoms with Gasteiger partial charge in [0.05, 0.1) is 16.7 Å². The van der Waals surface area contributed by atoms with Crippen molar-refractivity contribution < 1.29 is 9.53 Å². The first kappa shape index (κ1) is 17.1. The van der Waals surface area contributed by atoms with Crippen LogP contribution in [0.2, 0.25) is 5.02 Å². The molecular weight excluding hydrogens is 312 g/mol.